The minimum atomic E-state index is -0.477. The Kier molecular flexibility index (Phi) is 8.85. The summed E-state index contributed by atoms with van der Waals surface area (Å²) in [7, 11) is 0. The molecule has 0 atom stereocenters. The summed E-state index contributed by atoms with van der Waals surface area (Å²) in [6.07, 6.45) is 3.62. The van der Waals surface area contributed by atoms with Crippen LogP contribution < -0.4 is 4.74 Å². The summed E-state index contributed by atoms with van der Waals surface area (Å²) < 4.78 is 5.94. The van der Waals surface area contributed by atoms with Crippen molar-refractivity contribution in [3.8, 4) is 11.5 Å². The van der Waals surface area contributed by atoms with E-state index in [2.05, 4.69) is 114 Å². The molecule has 2 aromatic rings. The summed E-state index contributed by atoms with van der Waals surface area (Å²) in [5.74, 6) is 0.418. The van der Waals surface area contributed by atoms with Crippen LogP contribution in [0.15, 0.2) is 36.9 Å². The second-order valence-electron chi connectivity index (χ2n) is 13.8. The molecular weight excluding hydrogens is 456 g/mol. The number of hydrogen-bond donors (Lipinski definition) is 1. The van der Waals surface area contributed by atoms with E-state index in [4.69, 9.17) is 4.74 Å². The van der Waals surface area contributed by atoms with E-state index in [9.17, 15) is 9.90 Å². The fourth-order valence-electron chi connectivity index (χ4n) is 4.44. The molecule has 0 radical (unpaired) electrons. The van der Waals surface area contributed by atoms with Crippen LogP contribution in [0.3, 0.4) is 0 Å². The fraction of sp³-hybridized carbons (Fsp3) is 0.559. The smallest absolute Gasteiger partial charge is 0.335 e. The first-order chi connectivity index (χ1) is 16.8. The first kappa shape index (κ1) is 30.7. The Balaban J connectivity index is 2.95. The summed E-state index contributed by atoms with van der Waals surface area (Å²) in [5.41, 5.74) is 5.52. The summed E-state index contributed by atoms with van der Waals surface area (Å²) in [6.45, 7) is 29.8. The Morgan fingerprint density at radius 3 is 1.62 bits per heavy atom. The molecule has 2 rings (SSSR count). The monoisotopic (exact) mass is 506 g/mol. The first-order valence-electron chi connectivity index (χ1n) is 13.7. The molecule has 3 nitrogen and oxygen atoms in total. The molecule has 0 heterocycles. The number of esters is 1. The number of ether oxygens (including phenoxy) is 1. The highest BCUT2D eigenvalue weighted by Gasteiger charge is 2.30. The van der Waals surface area contributed by atoms with Crippen molar-refractivity contribution in [1.29, 1.82) is 0 Å². The molecule has 0 fully saturated rings. The molecule has 0 aliphatic carbocycles. The van der Waals surface area contributed by atoms with Gasteiger partial charge in [0, 0.05) is 23.6 Å². The van der Waals surface area contributed by atoms with Gasteiger partial charge in [0.15, 0.2) is 0 Å². The molecule has 0 aliphatic rings. The van der Waals surface area contributed by atoms with Crippen LogP contribution in [0, 0.1) is 0 Å². The molecular formula is C34H50O3. The summed E-state index contributed by atoms with van der Waals surface area (Å²) in [5, 5.41) is 11.5. The van der Waals surface area contributed by atoms with Gasteiger partial charge in [0.25, 0.3) is 0 Å². The Bertz CT molecular complexity index is 1150. The van der Waals surface area contributed by atoms with Gasteiger partial charge in [-0.15, -0.1) is 0 Å². The van der Waals surface area contributed by atoms with Gasteiger partial charge >= 0.3 is 5.97 Å². The maximum Gasteiger partial charge on any atom is 0.335 e. The lowest BCUT2D eigenvalue weighted by Crippen LogP contribution is -2.22. The van der Waals surface area contributed by atoms with Crippen LogP contribution in [0.4, 0.5) is 0 Å². The van der Waals surface area contributed by atoms with Gasteiger partial charge in [0.2, 0.25) is 0 Å². The van der Waals surface area contributed by atoms with Gasteiger partial charge in [-0.1, -0.05) is 114 Å². The zero-order valence-electron chi connectivity index (χ0n) is 25.5. The summed E-state index contributed by atoms with van der Waals surface area (Å²) in [4.78, 5) is 12.5. The van der Waals surface area contributed by atoms with E-state index in [1.54, 1.807) is 0 Å². The number of hydrogen-bond acceptors (Lipinski definition) is 3. The lowest BCUT2D eigenvalue weighted by molar-refractivity contribution is -0.129. The topological polar surface area (TPSA) is 46.5 Å². The van der Waals surface area contributed by atoms with Crippen molar-refractivity contribution < 1.29 is 14.6 Å². The van der Waals surface area contributed by atoms with Crippen molar-refractivity contribution in [3.63, 3.8) is 0 Å². The number of carbonyl (C=O) groups is 1. The highest BCUT2D eigenvalue weighted by atomic mass is 16.5. The van der Waals surface area contributed by atoms with Gasteiger partial charge in [-0.2, -0.15) is 0 Å². The Labute approximate surface area is 226 Å². The minimum Gasteiger partial charge on any atom is -0.507 e. The van der Waals surface area contributed by atoms with Crippen LogP contribution in [-0.4, -0.2) is 11.1 Å². The molecule has 0 aliphatic heterocycles. The predicted octanol–water partition coefficient (Wildman–Crippen LogP) is 9.04. The zero-order chi connectivity index (χ0) is 28.6. The van der Waals surface area contributed by atoms with E-state index < -0.39 is 5.97 Å². The quantitative estimate of drug-likeness (QED) is 0.221. The summed E-state index contributed by atoms with van der Waals surface area (Å²) in [6, 6.07) is 8.66. The van der Waals surface area contributed by atoms with E-state index in [1.165, 1.54) is 17.2 Å². The number of phenolic OH excluding ortho intramolecular Hbond substituents is 1. The molecule has 2 aromatic carbocycles. The van der Waals surface area contributed by atoms with Crippen LogP contribution in [0.5, 0.6) is 11.5 Å². The van der Waals surface area contributed by atoms with Crippen molar-refractivity contribution in [2.75, 3.05) is 0 Å². The van der Waals surface area contributed by atoms with Crippen LogP contribution >= 0.6 is 0 Å². The fourth-order valence-corrected chi connectivity index (χ4v) is 4.44. The standard InChI is InChI=1S/C34H50O3/c1-14-28(35)37-30-23(19-25(34(12,13)16-3)21-27(30)32(7,8)9)17-22-18-24(33(10,11)15-2)20-26(29(22)36)31(4,5)6/h14,18-21,36H,1,15-17H2,2-13H3. The molecule has 1 N–H and O–H groups in total. The highest BCUT2D eigenvalue weighted by molar-refractivity contribution is 5.84. The molecule has 0 amide bonds. The molecule has 0 unspecified atom stereocenters. The number of aromatic hydroxyl groups is 1. The van der Waals surface area contributed by atoms with Crippen LogP contribution in [0.1, 0.15) is 129 Å². The van der Waals surface area contributed by atoms with Gasteiger partial charge in [-0.05, 0) is 56.8 Å². The molecule has 0 saturated heterocycles. The number of carbonyl (C=O) groups excluding carboxylic acids is 1. The molecule has 3 heteroatoms. The second kappa shape index (κ2) is 10.7. The maximum absolute atomic E-state index is 12.5. The Hall–Kier alpha value is -2.55. The van der Waals surface area contributed by atoms with E-state index in [-0.39, 0.29) is 21.7 Å². The van der Waals surface area contributed by atoms with Gasteiger partial charge in [0.1, 0.15) is 11.5 Å². The van der Waals surface area contributed by atoms with Crippen molar-refractivity contribution in [1.82, 2.24) is 0 Å². The third kappa shape index (κ3) is 6.86. The van der Waals surface area contributed by atoms with Gasteiger partial charge < -0.3 is 9.84 Å². The van der Waals surface area contributed by atoms with Crippen molar-refractivity contribution in [2.45, 2.75) is 124 Å². The molecule has 0 saturated carbocycles. The van der Waals surface area contributed by atoms with E-state index in [1.807, 2.05) is 0 Å². The third-order valence-corrected chi connectivity index (χ3v) is 8.05. The molecule has 0 aromatic heterocycles. The van der Waals surface area contributed by atoms with Crippen LogP contribution in [0.25, 0.3) is 0 Å². The highest BCUT2D eigenvalue weighted by Crippen LogP contribution is 2.43. The van der Waals surface area contributed by atoms with E-state index in [0.29, 0.717) is 17.9 Å². The molecule has 204 valence electrons. The Morgan fingerprint density at radius 1 is 0.784 bits per heavy atom. The van der Waals surface area contributed by atoms with Gasteiger partial charge in [0.05, 0.1) is 0 Å². The average molecular weight is 507 g/mol. The van der Waals surface area contributed by atoms with E-state index in [0.717, 1.165) is 35.1 Å². The zero-order valence-corrected chi connectivity index (χ0v) is 25.5. The average Bonchev–Trinajstić information content (AvgIpc) is 2.79. The lowest BCUT2D eigenvalue weighted by Gasteiger charge is -2.31. The van der Waals surface area contributed by atoms with Crippen molar-refractivity contribution >= 4 is 5.97 Å². The number of phenols is 1. The predicted molar refractivity (Wildman–Crippen MR) is 157 cm³/mol. The lowest BCUT2D eigenvalue weighted by atomic mass is 9.75. The van der Waals surface area contributed by atoms with Crippen molar-refractivity contribution in [2.24, 2.45) is 0 Å². The largest absolute Gasteiger partial charge is 0.507 e. The maximum atomic E-state index is 12.5. The first-order valence-corrected chi connectivity index (χ1v) is 13.7. The second-order valence-corrected chi connectivity index (χ2v) is 13.8. The van der Waals surface area contributed by atoms with Crippen LogP contribution in [-0.2, 0) is 32.9 Å². The molecule has 0 spiro atoms. The van der Waals surface area contributed by atoms with E-state index >= 15 is 0 Å². The third-order valence-electron chi connectivity index (χ3n) is 8.05. The van der Waals surface area contributed by atoms with Crippen molar-refractivity contribution in [3.05, 3.63) is 70.3 Å². The Morgan fingerprint density at radius 2 is 1.22 bits per heavy atom. The normalized spacial score (nSPS) is 13.0. The SMILES string of the molecule is C=CC(=O)Oc1c(Cc2cc(C(C)(C)CC)cc(C(C)(C)C)c2O)cc(C(C)(C)CC)cc1C(C)(C)C. The van der Waals surface area contributed by atoms with Crippen LogP contribution in [0.2, 0.25) is 0 Å². The summed E-state index contributed by atoms with van der Waals surface area (Å²) >= 11 is 0. The van der Waals surface area contributed by atoms with Gasteiger partial charge in [-0.25, -0.2) is 4.79 Å². The molecule has 37 heavy (non-hydrogen) atoms. The number of benzene rings is 2. The number of rotatable bonds is 8. The molecule has 0 bridgehead atoms. The van der Waals surface area contributed by atoms with Gasteiger partial charge in [-0.3, -0.25) is 0 Å². The minimum absolute atomic E-state index is 0.0385.